The van der Waals surface area contributed by atoms with Crippen molar-refractivity contribution in [3.63, 3.8) is 0 Å². The summed E-state index contributed by atoms with van der Waals surface area (Å²) < 4.78 is 5.41. The molecule has 2 saturated heterocycles. The van der Waals surface area contributed by atoms with Crippen molar-refractivity contribution in [2.45, 2.75) is 51.7 Å². The van der Waals surface area contributed by atoms with Crippen molar-refractivity contribution in [3.05, 3.63) is 29.8 Å². The third-order valence-electron chi connectivity index (χ3n) is 5.60. The zero-order valence-electron chi connectivity index (χ0n) is 16.5. The van der Waals surface area contributed by atoms with E-state index in [1.165, 1.54) is 0 Å². The Labute approximate surface area is 173 Å². The van der Waals surface area contributed by atoms with Crippen molar-refractivity contribution >= 4 is 29.9 Å². The van der Waals surface area contributed by atoms with Crippen LogP contribution < -0.4 is 16.0 Å². The summed E-state index contributed by atoms with van der Waals surface area (Å²) in [7, 11) is 0. The van der Waals surface area contributed by atoms with Gasteiger partial charge in [0.25, 0.3) is 5.91 Å². The second-order valence-electron chi connectivity index (χ2n) is 7.74. The minimum atomic E-state index is -0.343. The lowest BCUT2D eigenvalue weighted by Crippen LogP contribution is -2.33. The third kappa shape index (κ3) is 6.76. The van der Waals surface area contributed by atoms with E-state index in [0.29, 0.717) is 31.4 Å². The van der Waals surface area contributed by atoms with Gasteiger partial charge in [0.1, 0.15) is 6.10 Å². The molecule has 3 N–H and O–H groups in total. The van der Waals surface area contributed by atoms with Crippen molar-refractivity contribution in [2.24, 2.45) is 11.8 Å². The first-order valence-corrected chi connectivity index (χ1v) is 10.1. The van der Waals surface area contributed by atoms with E-state index in [1.54, 1.807) is 0 Å². The van der Waals surface area contributed by atoms with E-state index < -0.39 is 0 Å². The molecule has 7 heteroatoms. The molecule has 156 valence electrons. The Morgan fingerprint density at radius 3 is 2.75 bits per heavy atom. The number of carbonyl (C=O) groups is 2. The lowest BCUT2D eigenvalue weighted by Gasteiger charge is -2.27. The number of nitrogens with one attached hydrogen (secondary N) is 3. The Morgan fingerprint density at radius 2 is 2.04 bits per heavy atom. The molecule has 6 nitrogen and oxygen atoms in total. The minimum Gasteiger partial charge on any atom is -0.368 e. The molecule has 3 rings (SSSR count). The van der Waals surface area contributed by atoms with Gasteiger partial charge in [0, 0.05) is 25.3 Å². The van der Waals surface area contributed by atoms with Gasteiger partial charge in [0.15, 0.2) is 0 Å². The van der Waals surface area contributed by atoms with E-state index in [-0.39, 0.29) is 30.3 Å². The fourth-order valence-corrected chi connectivity index (χ4v) is 3.91. The molecule has 2 fully saturated rings. The SMILES string of the molecule is CC(CC(=O)NCc1cccc(NC(=O)C2CCCO2)c1)C1CCNCC1.Cl. The quantitative estimate of drug-likeness (QED) is 0.647. The predicted molar refractivity (Wildman–Crippen MR) is 113 cm³/mol. The average Bonchev–Trinajstić information content (AvgIpc) is 3.22. The van der Waals surface area contributed by atoms with Gasteiger partial charge in [-0.15, -0.1) is 12.4 Å². The Bertz CT molecular complexity index is 644. The summed E-state index contributed by atoms with van der Waals surface area (Å²) in [6.07, 6.45) is 4.24. The molecule has 1 aromatic rings. The van der Waals surface area contributed by atoms with Crippen molar-refractivity contribution in [1.29, 1.82) is 0 Å². The van der Waals surface area contributed by atoms with Crippen LogP contribution in [0.5, 0.6) is 0 Å². The number of anilines is 1. The van der Waals surface area contributed by atoms with Gasteiger partial charge in [0.2, 0.25) is 5.91 Å². The van der Waals surface area contributed by atoms with Gasteiger partial charge in [-0.2, -0.15) is 0 Å². The smallest absolute Gasteiger partial charge is 0.253 e. The summed E-state index contributed by atoms with van der Waals surface area (Å²) in [4.78, 5) is 24.4. The summed E-state index contributed by atoms with van der Waals surface area (Å²) in [6.45, 7) is 5.42. The number of rotatable bonds is 7. The van der Waals surface area contributed by atoms with E-state index >= 15 is 0 Å². The van der Waals surface area contributed by atoms with Crippen LogP contribution in [0.4, 0.5) is 5.69 Å². The zero-order chi connectivity index (χ0) is 19.1. The van der Waals surface area contributed by atoms with E-state index in [0.717, 1.165) is 50.0 Å². The maximum Gasteiger partial charge on any atom is 0.253 e. The highest BCUT2D eigenvalue weighted by molar-refractivity contribution is 5.94. The van der Waals surface area contributed by atoms with Gasteiger partial charge in [0.05, 0.1) is 0 Å². The molecule has 2 aliphatic heterocycles. The number of benzene rings is 1. The van der Waals surface area contributed by atoms with E-state index in [4.69, 9.17) is 4.74 Å². The second-order valence-corrected chi connectivity index (χ2v) is 7.74. The van der Waals surface area contributed by atoms with Crippen molar-refractivity contribution in [3.8, 4) is 0 Å². The monoisotopic (exact) mass is 409 g/mol. The summed E-state index contributed by atoms with van der Waals surface area (Å²) in [5.41, 5.74) is 1.72. The lowest BCUT2D eigenvalue weighted by atomic mass is 9.84. The first-order chi connectivity index (χ1) is 13.1. The fourth-order valence-electron chi connectivity index (χ4n) is 3.91. The fraction of sp³-hybridized carbons (Fsp3) is 0.619. The molecule has 2 amide bonds. The highest BCUT2D eigenvalue weighted by Crippen LogP contribution is 2.24. The van der Waals surface area contributed by atoms with Gasteiger partial charge >= 0.3 is 0 Å². The molecule has 0 saturated carbocycles. The van der Waals surface area contributed by atoms with Crippen molar-refractivity contribution in [2.75, 3.05) is 25.0 Å². The number of carbonyl (C=O) groups excluding carboxylic acids is 2. The first kappa shape index (κ1) is 22.7. The van der Waals surface area contributed by atoms with Crippen LogP contribution >= 0.6 is 12.4 Å². The number of piperidine rings is 1. The van der Waals surface area contributed by atoms with E-state index in [1.807, 2.05) is 24.3 Å². The van der Waals surface area contributed by atoms with Crippen LogP contribution in [0, 0.1) is 11.8 Å². The molecule has 2 unspecified atom stereocenters. The first-order valence-electron chi connectivity index (χ1n) is 10.1. The zero-order valence-corrected chi connectivity index (χ0v) is 17.4. The molecular formula is C21H32ClN3O3. The topological polar surface area (TPSA) is 79.5 Å². The van der Waals surface area contributed by atoms with Gasteiger partial charge in [-0.05, 0) is 68.3 Å². The summed E-state index contributed by atoms with van der Waals surface area (Å²) in [6, 6.07) is 7.61. The van der Waals surface area contributed by atoms with Crippen molar-refractivity contribution in [1.82, 2.24) is 10.6 Å². The van der Waals surface area contributed by atoms with Gasteiger partial charge in [-0.1, -0.05) is 19.1 Å². The van der Waals surface area contributed by atoms with Crippen molar-refractivity contribution < 1.29 is 14.3 Å². The third-order valence-corrected chi connectivity index (χ3v) is 5.60. The molecule has 1 aromatic carbocycles. The van der Waals surface area contributed by atoms with Crippen LogP contribution in [0.15, 0.2) is 24.3 Å². The predicted octanol–water partition coefficient (Wildman–Crippen LogP) is 2.87. The number of ether oxygens (including phenoxy) is 1. The molecule has 2 heterocycles. The van der Waals surface area contributed by atoms with Crippen LogP contribution in [0.3, 0.4) is 0 Å². The van der Waals surface area contributed by atoms with Crippen LogP contribution in [-0.4, -0.2) is 37.6 Å². The summed E-state index contributed by atoms with van der Waals surface area (Å²) in [5.74, 6) is 1.04. The Morgan fingerprint density at radius 1 is 1.25 bits per heavy atom. The van der Waals surface area contributed by atoms with Gasteiger partial charge in [-0.25, -0.2) is 0 Å². The van der Waals surface area contributed by atoms with E-state index in [9.17, 15) is 9.59 Å². The molecule has 2 aliphatic rings. The Kier molecular flexibility index (Phi) is 9.22. The summed E-state index contributed by atoms with van der Waals surface area (Å²) >= 11 is 0. The molecule has 28 heavy (non-hydrogen) atoms. The molecule has 0 spiro atoms. The van der Waals surface area contributed by atoms with Crippen LogP contribution in [-0.2, 0) is 20.9 Å². The van der Waals surface area contributed by atoms with Crippen LogP contribution in [0.1, 0.15) is 44.6 Å². The Balaban J connectivity index is 0.00000280. The highest BCUT2D eigenvalue weighted by atomic mass is 35.5. The molecule has 0 aliphatic carbocycles. The minimum absolute atomic E-state index is 0. The Hall–Kier alpha value is -1.63. The number of amides is 2. The van der Waals surface area contributed by atoms with Gasteiger partial charge < -0.3 is 20.7 Å². The average molecular weight is 410 g/mol. The molecule has 0 aromatic heterocycles. The summed E-state index contributed by atoms with van der Waals surface area (Å²) in [5, 5.41) is 9.28. The standard InChI is InChI=1S/C21H31N3O3.ClH/c1-15(17-7-9-22-10-8-17)12-20(25)23-14-16-4-2-5-18(13-16)24-21(26)19-6-3-11-27-19;/h2,4-5,13,15,17,19,22H,3,6-12,14H2,1H3,(H,23,25)(H,24,26);1H. The highest BCUT2D eigenvalue weighted by Gasteiger charge is 2.24. The normalized spacial score (nSPS) is 20.8. The molecule has 2 atom stereocenters. The number of hydrogen-bond donors (Lipinski definition) is 3. The van der Waals surface area contributed by atoms with E-state index in [2.05, 4.69) is 22.9 Å². The number of hydrogen-bond acceptors (Lipinski definition) is 4. The molecule has 0 radical (unpaired) electrons. The maximum atomic E-state index is 12.3. The van der Waals surface area contributed by atoms with Crippen LogP contribution in [0.25, 0.3) is 0 Å². The van der Waals surface area contributed by atoms with Crippen LogP contribution in [0.2, 0.25) is 0 Å². The molecule has 0 bridgehead atoms. The largest absolute Gasteiger partial charge is 0.368 e. The lowest BCUT2D eigenvalue weighted by molar-refractivity contribution is -0.124. The number of halogens is 1. The molecular weight excluding hydrogens is 378 g/mol. The second kappa shape index (κ2) is 11.4. The maximum absolute atomic E-state index is 12.3. The van der Waals surface area contributed by atoms with Gasteiger partial charge in [-0.3, -0.25) is 9.59 Å².